The number of hydrogen-bond donors (Lipinski definition) is 1. The molecule has 1 saturated heterocycles. The van der Waals surface area contributed by atoms with E-state index in [-0.39, 0.29) is 5.92 Å². The van der Waals surface area contributed by atoms with Crippen LogP contribution in [0.15, 0.2) is 42.5 Å². The summed E-state index contributed by atoms with van der Waals surface area (Å²) in [6, 6.07) is 16.2. The number of hydrogen-bond acceptors (Lipinski definition) is 6. The van der Waals surface area contributed by atoms with E-state index in [9.17, 15) is 0 Å². The topological polar surface area (TPSA) is 74.1 Å². The summed E-state index contributed by atoms with van der Waals surface area (Å²) in [6.45, 7) is 2.23. The molecule has 1 fully saturated rings. The van der Waals surface area contributed by atoms with E-state index in [1.54, 1.807) is 7.11 Å². The Labute approximate surface area is 175 Å². The van der Waals surface area contributed by atoms with Gasteiger partial charge in [0.05, 0.1) is 18.2 Å². The number of anilines is 2. The summed E-state index contributed by atoms with van der Waals surface area (Å²) >= 11 is 6.23. The van der Waals surface area contributed by atoms with E-state index in [4.69, 9.17) is 21.6 Å². The highest BCUT2D eigenvalue weighted by Crippen LogP contribution is 2.31. The Morgan fingerprint density at radius 3 is 2.62 bits per heavy atom. The van der Waals surface area contributed by atoms with Crippen LogP contribution in [0.25, 0.3) is 10.8 Å². The molecule has 4 rings (SSSR count). The van der Waals surface area contributed by atoms with Gasteiger partial charge in [0.15, 0.2) is 11.6 Å². The van der Waals surface area contributed by atoms with Crippen LogP contribution in [0.4, 0.5) is 11.6 Å². The summed E-state index contributed by atoms with van der Waals surface area (Å²) in [4.78, 5) is 2.23. The molecule has 3 aromatic rings. The third kappa shape index (κ3) is 4.06. The molecule has 0 saturated carbocycles. The Morgan fingerprint density at radius 1 is 1.17 bits per heavy atom. The highest BCUT2D eigenvalue weighted by Gasteiger charge is 2.22. The van der Waals surface area contributed by atoms with Crippen molar-refractivity contribution in [3.8, 4) is 11.8 Å². The lowest BCUT2D eigenvalue weighted by Gasteiger charge is -2.30. The number of fused-ring (bicyclic) bond motifs is 1. The van der Waals surface area contributed by atoms with Crippen molar-refractivity contribution in [3.63, 3.8) is 0 Å². The van der Waals surface area contributed by atoms with Crippen LogP contribution in [-0.4, -0.2) is 30.4 Å². The molecular formula is C22H22ClN5O. The van der Waals surface area contributed by atoms with Crippen LogP contribution in [0.2, 0.25) is 5.02 Å². The summed E-state index contributed by atoms with van der Waals surface area (Å²) in [5.41, 5.74) is 1.03. The van der Waals surface area contributed by atoms with Crippen molar-refractivity contribution < 1.29 is 4.74 Å². The van der Waals surface area contributed by atoms with Gasteiger partial charge < -0.3 is 15.0 Å². The first-order chi connectivity index (χ1) is 14.2. The SMILES string of the molecule is COc1ccc(CNc2nnc(N3CCC(C#N)CC3)c3ccccc23)cc1Cl. The molecule has 1 aromatic heterocycles. The maximum atomic E-state index is 9.14. The van der Waals surface area contributed by atoms with E-state index in [1.165, 1.54) is 0 Å². The van der Waals surface area contributed by atoms with Gasteiger partial charge in [0.1, 0.15) is 5.75 Å². The molecule has 0 aliphatic carbocycles. The Bertz CT molecular complexity index is 1060. The average molecular weight is 408 g/mol. The zero-order valence-corrected chi connectivity index (χ0v) is 17.0. The van der Waals surface area contributed by atoms with Crippen molar-refractivity contribution in [3.05, 3.63) is 53.1 Å². The second-order valence-electron chi connectivity index (χ2n) is 7.13. The summed E-state index contributed by atoms with van der Waals surface area (Å²) in [5.74, 6) is 2.42. The van der Waals surface area contributed by atoms with Crippen molar-refractivity contribution in [2.45, 2.75) is 19.4 Å². The first-order valence-corrected chi connectivity index (χ1v) is 10.0. The molecule has 6 nitrogen and oxygen atoms in total. The lowest BCUT2D eigenvalue weighted by molar-refractivity contribution is 0.415. The number of nitrogens with one attached hydrogen (secondary N) is 1. The molecule has 1 N–H and O–H groups in total. The summed E-state index contributed by atoms with van der Waals surface area (Å²) in [5, 5.41) is 24.2. The van der Waals surface area contributed by atoms with Gasteiger partial charge in [0, 0.05) is 36.3 Å². The molecule has 1 aliphatic heterocycles. The van der Waals surface area contributed by atoms with Gasteiger partial charge in [0.2, 0.25) is 0 Å². The first-order valence-electron chi connectivity index (χ1n) is 9.66. The van der Waals surface area contributed by atoms with Gasteiger partial charge in [0.25, 0.3) is 0 Å². The summed E-state index contributed by atoms with van der Waals surface area (Å²) in [6.07, 6.45) is 1.73. The predicted octanol–water partition coefficient (Wildman–Crippen LogP) is 4.64. The fourth-order valence-corrected chi connectivity index (χ4v) is 3.96. The van der Waals surface area contributed by atoms with Gasteiger partial charge in [-0.15, -0.1) is 10.2 Å². The largest absolute Gasteiger partial charge is 0.495 e. The number of benzene rings is 2. The van der Waals surface area contributed by atoms with Gasteiger partial charge in [-0.3, -0.25) is 0 Å². The Morgan fingerprint density at radius 2 is 1.93 bits per heavy atom. The highest BCUT2D eigenvalue weighted by molar-refractivity contribution is 6.32. The lowest BCUT2D eigenvalue weighted by atomic mass is 9.98. The molecule has 2 heterocycles. The van der Waals surface area contributed by atoms with Gasteiger partial charge in [-0.2, -0.15) is 5.26 Å². The number of ether oxygens (including phenoxy) is 1. The monoisotopic (exact) mass is 407 g/mol. The summed E-state index contributed by atoms with van der Waals surface area (Å²) < 4.78 is 5.21. The molecule has 148 valence electrons. The van der Waals surface area contributed by atoms with Crippen LogP contribution in [0.3, 0.4) is 0 Å². The van der Waals surface area contributed by atoms with Crippen molar-refractivity contribution in [2.24, 2.45) is 5.92 Å². The maximum absolute atomic E-state index is 9.14. The number of aromatic nitrogens is 2. The molecule has 2 aromatic carbocycles. The van der Waals surface area contributed by atoms with Crippen molar-refractivity contribution in [2.75, 3.05) is 30.4 Å². The smallest absolute Gasteiger partial charge is 0.159 e. The Kier molecular flexibility index (Phi) is 5.68. The summed E-state index contributed by atoms with van der Waals surface area (Å²) in [7, 11) is 1.60. The standard InChI is InChI=1S/C22H22ClN5O/c1-29-20-7-6-16(12-19(20)23)14-25-21-17-4-2-3-5-18(17)22(27-26-21)28-10-8-15(13-24)9-11-28/h2-7,12,15H,8-11,14H2,1H3,(H,25,26). The molecule has 0 unspecified atom stereocenters. The van der Waals surface area contributed by atoms with Gasteiger partial charge in [-0.25, -0.2) is 0 Å². The number of piperidine rings is 1. The molecule has 0 amide bonds. The van der Waals surface area contributed by atoms with Crippen molar-refractivity contribution in [1.29, 1.82) is 5.26 Å². The zero-order chi connectivity index (χ0) is 20.2. The zero-order valence-electron chi connectivity index (χ0n) is 16.2. The average Bonchev–Trinajstić information content (AvgIpc) is 2.77. The van der Waals surface area contributed by atoms with Crippen LogP contribution >= 0.6 is 11.6 Å². The quantitative estimate of drug-likeness (QED) is 0.663. The number of rotatable bonds is 5. The lowest BCUT2D eigenvalue weighted by Crippen LogP contribution is -2.34. The molecule has 1 aliphatic rings. The fraction of sp³-hybridized carbons (Fsp3) is 0.318. The molecular weight excluding hydrogens is 386 g/mol. The van der Waals surface area contributed by atoms with Gasteiger partial charge in [-0.05, 0) is 30.5 Å². The number of nitriles is 1. The van der Waals surface area contributed by atoms with Crippen molar-refractivity contribution >= 4 is 34.0 Å². The maximum Gasteiger partial charge on any atom is 0.159 e. The second kappa shape index (κ2) is 8.54. The predicted molar refractivity (Wildman–Crippen MR) is 115 cm³/mol. The minimum atomic E-state index is 0.141. The first kappa shape index (κ1) is 19.3. The number of halogens is 1. The molecule has 29 heavy (non-hydrogen) atoms. The second-order valence-corrected chi connectivity index (χ2v) is 7.54. The highest BCUT2D eigenvalue weighted by atomic mass is 35.5. The van der Waals surface area contributed by atoms with Crippen molar-refractivity contribution in [1.82, 2.24) is 10.2 Å². The molecule has 0 atom stereocenters. The van der Waals surface area contributed by atoms with Crippen LogP contribution < -0.4 is 15.0 Å². The molecule has 0 radical (unpaired) electrons. The molecule has 0 bridgehead atoms. The van der Waals surface area contributed by atoms with Crippen LogP contribution in [-0.2, 0) is 6.54 Å². The fourth-order valence-electron chi connectivity index (χ4n) is 3.68. The normalized spacial score (nSPS) is 14.6. The molecule has 0 spiro atoms. The number of methoxy groups -OCH3 is 1. The van der Waals surface area contributed by atoms with E-state index in [0.29, 0.717) is 17.3 Å². The minimum absolute atomic E-state index is 0.141. The number of nitrogens with zero attached hydrogens (tertiary/aromatic N) is 4. The third-order valence-corrected chi connectivity index (χ3v) is 5.62. The van der Waals surface area contributed by atoms with Crippen LogP contribution in [0, 0.1) is 17.2 Å². The van der Waals surface area contributed by atoms with E-state index < -0.39 is 0 Å². The van der Waals surface area contributed by atoms with Crippen LogP contribution in [0.5, 0.6) is 5.75 Å². The van der Waals surface area contributed by atoms with Gasteiger partial charge in [-0.1, -0.05) is 41.9 Å². The Hall–Kier alpha value is -3.04. The van der Waals surface area contributed by atoms with E-state index >= 15 is 0 Å². The third-order valence-electron chi connectivity index (χ3n) is 5.32. The minimum Gasteiger partial charge on any atom is -0.495 e. The van der Waals surface area contributed by atoms with E-state index in [0.717, 1.165) is 53.9 Å². The van der Waals surface area contributed by atoms with Crippen LogP contribution in [0.1, 0.15) is 18.4 Å². The molecule has 7 heteroatoms. The van der Waals surface area contributed by atoms with E-state index in [1.807, 2.05) is 30.3 Å². The van der Waals surface area contributed by atoms with E-state index in [2.05, 4.69) is 38.6 Å². The Balaban J connectivity index is 1.57. The van der Waals surface area contributed by atoms with Gasteiger partial charge >= 0.3 is 0 Å².